The number of methoxy groups -OCH3 is 1. The molecule has 1 amide bonds. The number of amides is 1. The van der Waals surface area contributed by atoms with Crippen LogP contribution in [-0.2, 0) is 0 Å². The number of para-hydroxylation sites is 1. The number of likely N-dealkylation sites (N-methyl/N-ethyl adjacent to an activating group) is 1. The molecule has 4 aromatic rings. The van der Waals surface area contributed by atoms with Crippen molar-refractivity contribution in [3.63, 3.8) is 0 Å². The van der Waals surface area contributed by atoms with Crippen molar-refractivity contribution in [2.75, 3.05) is 70.7 Å². The minimum Gasteiger partial charge on any atom is -0.496 e. The summed E-state index contributed by atoms with van der Waals surface area (Å²) >= 11 is 0. The number of nitrogens with zero attached hydrogens (tertiary/aromatic N) is 6. The maximum absolute atomic E-state index is 13.8. The monoisotopic (exact) mass is 611 g/mol. The summed E-state index contributed by atoms with van der Waals surface area (Å²) in [5, 5.41) is 13.4. The average Bonchev–Trinajstić information content (AvgIpc) is 3.41. The Balaban J connectivity index is 1.29. The Hall–Kier alpha value is -3.99. The van der Waals surface area contributed by atoms with Crippen molar-refractivity contribution in [3.8, 4) is 17.0 Å². The Morgan fingerprint density at radius 3 is 2.49 bits per heavy atom. The van der Waals surface area contributed by atoms with E-state index in [2.05, 4.69) is 56.9 Å². The molecule has 2 N–H and O–H groups in total. The number of hydrogen-bond donors (Lipinski definition) is 2. The van der Waals surface area contributed by atoms with Gasteiger partial charge in [-0.25, -0.2) is 4.98 Å². The number of nitrogens with one attached hydrogen (secondary N) is 1. The first-order valence-corrected chi connectivity index (χ1v) is 16.0. The van der Waals surface area contributed by atoms with E-state index >= 15 is 0 Å². The van der Waals surface area contributed by atoms with Crippen LogP contribution in [0.15, 0.2) is 54.6 Å². The number of pyridine rings is 1. The van der Waals surface area contributed by atoms with Gasteiger partial charge >= 0.3 is 0 Å². The summed E-state index contributed by atoms with van der Waals surface area (Å²) in [6.45, 7) is 8.06. The molecule has 0 bridgehead atoms. The molecule has 10 nitrogen and oxygen atoms in total. The van der Waals surface area contributed by atoms with Crippen LogP contribution < -0.4 is 15.0 Å². The number of anilines is 2. The topological polar surface area (TPSA) is 99.0 Å². The van der Waals surface area contributed by atoms with Gasteiger partial charge in [0, 0.05) is 67.8 Å². The largest absolute Gasteiger partial charge is 0.496 e. The Kier molecular flexibility index (Phi) is 9.34. The molecule has 2 aromatic heterocycles. The highest BCUT2D eigenvalue weighted by Crippen LogP contribution is 2.36. The standard InChI is InChI=1S/C35H45N7O3/c1-24-21-25(22-31(36-24)29-7-5-6-8-33(29)45-4)34(44)38-35-37-30-14-11-27(41-19-17-40(18-20-41)16-15-39(2)3)23-32(30)42(35)26-9-12-28(43)13-10-26/h5-8,11,14,21-23,26,28,43H,9-10,12-13,15-20H2,1-4H3,(H,37,38,44). The fourth-order valence-electron chi connectivity index (χ4n) is 6.59. The van der Waals surface area contributed by atoms with Crippen LogP contribution in [0.2, 0.25) is 0 Å². The molecule has 10 heteroatoms. The van der Waals surface area contributed by atoms with Gasteiger partial charge < -0.3 is 24.2 Å². The van der Waals surface area contributed by atoms with Gasteiger partial charge in [-0.05, 0) is 89.2 Å². The van der Waals surface area contributed by atoms with Crippen LogP contribution in [0.25, 0.3) is 22.3 Å². The number of fused-ring (bicyclic) bond motifs is 1. The van der Waals surface area contributed by atoms with E-state index in [1.54, 1.807) is 19.2 Å². The SMILES string of the molecule is COc1ccccc1-c1cc(C(=O)Nc2nc3ccc(N4CCN(CCN(C)C)CC4)cc3n2C2CCC(O)CC2)cc(C)n1. The first-order valence-electron chi connectivity index (χ1n) is 16.0. The van der Waals surface area contributed by atoms with Crippen molar-refractivity contribution < 1.29 is 14.6 Å². The summed E-state index contributed by atoms with van der Waals surface area (Å²) in [6, 6.07) is 17.9. The van der Waals surface area contributed by atoms with Crippen molar-refractivity contribution >= 4 is 28.6 Å². The first-order chi connectivity index (χ1) is 21.8. The van der Waals surface area contributed by atoms with Crippen LogP contribution >= 0.6 is 0 Å². The van der Waals surface area contributed by atoms with E-state index in [-0.39, 0.29) is 18.1 Å². The normalized spacial score (nSPS) is 19.3. The van der Waals surface area contributed by atoms with Gasteiger partial charge in [-0.2, -0.15) is 0 Å². The van der Waals surface area contributed by atoms with Crippen molar-refractivity contribution in [1.82, 2.24) is 24.3 Å². The maximum atomic E-state index is 13.8. The van der Waals surface area contributed by atoms with Crippen LogP contribution in [0, 0.1) is 6.92 Å². The predicted octanol–water partition coefficient (Wildman–Crippen LogP) is 4.83. The van der Waals surface area contributed by atoms with Gasteiger partial charge in [-0.1, -0.05) is 12.1 Å². The molecule has 45 heavy (non-hydrogen) atoms. The lowest BCUT2D eigenvalue weighted by Crippen LogP contribution is -2.48. The van der Waals surface area contributed by atoms with Gasteiger partial charge in [-0.3, -0.25) is 20.0 Å². The third kappa shape index (κ3) is 6.98. The van der Waals surface area contributed by atoms with E-state index in [0.29, 0.717) is 23.0 Å². The minimum atomic E-state index is -0.276. The molecule has 0 unspecified atom stereocenters. The Labute approximate surface area is 265 Å². The van der Waals surface area contributed by atoms with E-state index in [4.69, 9.17) is 14.7 Å². The average molecular weight is 612 g/mol. The Morgan fingerprint density at radius 1 is 1.00 bits per heavy atom. The lowest BCUT2D eigenvalue weighted by Gasteiger charge is -2.36. The number of aliphatic hydroxyl groups excluding tert-OH is 1. The molecule has 0 atom stereocenters. The number of carbonyl (C=O) groups excluding carboxylic acids is 1. The molecule has 0 radical (unpaired) electrons. The Bertz CT molecular complexity index is 1640. The number of ether oxygens (including phenoxy) is 1. The van der Waals surface area contributed by atoms with Crippen LogP contribution in [0.3, 0.4) is 0 Å². The third-order valence-corrected chi connectivity index (χ3v) is 9.13. The van der Waals surface area contributed by atoms with Crippen LogP contribution in [0.5, 0.6) is 5.75 Å². The molecule has 1 saturated carbocycles. The van der Waals surface area contributed by atoms with Gasteiger partial charge in [0.2, 0.25) is 5.95 Å². The maximum Gasteiger partial charge on any atom is 0.258 e. The summed E-state index contributed by atoms with van der Waals surface area (Å²) in [4.78, 5) is 30.7. The number of imidazole rings is 1. The summed E-state index contributed by atoms with van der Waals surface area (Å²) in [5.41, 5.74) is 5.80. The molecular weight excluding hydrogens is 566 g/mol. The highest BCUT2D eigenvalue weighted by atomic mass is 16.5. The molecule has 1 aliphatic heterocycles. The van der Waals surface area contributed by atoms with Gasteiger partial charge in [0.25, 0.3) is 5.91 Å². The van der Waals surface area contributed by atoms with Gasteiger partial charge in [0.15, 0.2) is 0 Å². The zero-order valence-electron chi connectivity index (χ0n) is 26.9. The van der Waals surface area contributed by atoms with Crippen LogP contribution in [0.1, 0.15) is 47.8 Å². The van der Waals surface area contributed by atoms with Gasteiger partial charge in [-0.15, -0.1) is 0 Å². The molecule has 2 aromatic carbocycles. The molecule has 6 rings (SSSR count). The summed E-state index contributed by atoms with van der Waals surface area (Å²) in [6.07, 6.45) is 2.85. The molecular formula is C35H45N7O3. The molecule has 238 valence electrons. The number of aryl methyl sites for hydroxylation is 1. The lowest BCUT2D eigenvalue weighted by molar-refractivity contribution is 0.102. The molecule has 2 fully saturated rings. The zero-order valence-corrected chi connectivity index (χ0v) is 26.9. The number of rotatable bonds is 9. The number of aliphatic hydroxyl groups is 1. The molecule has 2 aliphatic rings. The van der Waals surface area contributed by atoms with Gasteiger partial charge in [0.05, 0.1) is 29.9 Å². The summed E-state index contributed by atoms with van der Waals surface area (Å²) in [5.74, 6) is 1.00. The number of benzene rings is 2. The van der Waals surface area contributed by atoms with Crippen LogP contribution in [-0.4, -0.2) is 102 Å². The van der Waals surface area contributed by atoms with E-state index in [9.17, 15) is 9.90 Å². The first kappa shape index (κ1) is 31.0. The van der Waals surface area contributed by atoms with E-state index in [0.717, 1.165) is 87.2 Å². The second-order valence-corrected chi connectivity index (χ2v) is 12.6. The second kappa shape index (κ2) is 13.6. The number of carbonyl (C=O) groups is 1. The second-order valence-electron chi connectivity index (χ2n) is 12.6. The van der Waals surface area contributed by atoms with E-state index < -0.39 is 0 Å². The number of aromatic nitrogens is 3. The van der Waals surface area contributed by atoms with E-state index in [1.807, 2.05) is 31.2 Å². The number of hydrogen-bond acceptors (Lipinski definition) is 8. The Morgan fingerprint density at radius 2 is 1.76 bits per heavy atom. The fourth-order valence-corrected chi connectivity index (χ4v) is 6.59. The van der Waals surface area contributed by atoms with Crippen molar-refractivity contribution in [1.29, 1.82) is 0 Å². The van der Waals surface area contributed by atoms with Crippen molar-refractivity contribution in [2.24, 2.45) is 0 Å². The molecule has 1 aliphatic carbocycles. The predicted molar refractivity (Wildman–Crippen MR) is 179 cm³/mol. The fraction of sp³-hybridized carbons (Fsp3) is 0.457. The summed E-state index contributed by atoms with van der Waals surface area (Å²) in [7, 11) is 5.88. The van der Waals surface area contributed by atoms with E-state index in [1.165, 1.54) is 5.69 Å². The van der Waals surface area contributed by atoms with Gasteiger partial charge in [0.1, 0.15) is 5.75 Å². The smallest absolute Gasteiger partial charge is 0.258 e. The van der Waals surface area contributed by atoms with Crippen molar-refractivity contribution in [2.45, 2.75) is 44.8 Å². The molecule has 1 saturated heterocycles. The quantitative estimate of drug-likeness (QED) is 0.278. The summed E-state index contributed by atoms with van der Waals surface area (Å²) < 4.78 is 7.76. The van der Waals surface area contributed by atoms with Crippen LogP contribution in [0.4, 0.5) is 11.6 Å². The highest BCUT2D eigenvalue weighted by Gasteiger charge is 2.27. The third-order valence-electron chi connectivity index (χ3n) is 9.13. The highest BCUT2D eigenvalue weighted by molar-refractivity contribution is 6.05. The lowest BCUT2D eigenvalue weighted by atomic mass is 9.93. The van der Waals surface area contributed by atoms with Crippen molar-refractivity contribution in [3.05, 3.63) is 65.9 Å². The zero-order chi connectivity index (χ0) is 31.5. The minimum absolute atomic E-state index is 0.134. The number of piperazine rings is 1. The molecule has 3 heterocycles. The molecule has 0 spiro atoms.